The molecule has 0 bridgehead atoms. The van der Waals surface area contributed by atoms with Gasteiger partial charge in [-0.2, -0.15) is 0 Å². The maximum absolute atomic E-state index is 12.4. The lowest BCUT2D eigenvalue weighted by atomic mass is 10.3. The van der Waals surface area contributed by atoms with Crippen molar-refractivity contribution in [3.8, 4) is 11.5 Å². The van der Waals surface area contributed by atoms with Gasteiger partial charge in [0.05, 0.1) is 18.8 Å². The van der Waals surface area contributed by atoms with Crippen LogP contribution in [-0.4, -0.2) is 60.1 Å². The van der Waals surface area contributed by atoms with E-state index in [1.54, 1.807) is 0 Å². The third-order valence-electron chi connectivity index (χ3n) is 5.22. The predicted octanol–water partition coefficient (Wildman–Crippen LogP) is 2.75. The maximum atomic E-state index is 12.4. The Morgan fingerprint density at radius 1 is 1.07 bits per heavy atom. The molecule has 1 fully saturated rings. The summed E-state index contributed by atoms with van der Waals surface area (Å²) in [6, 6.07) is 7.39. The second-order valence-corrected chi connectivity index (χ2v) is 8.35. The lowest BCUT2D eigenvalue weighted by Crippen LogP contribution is -2.49. The number of nitrogens with zero attached hydrogens (tertiary/aromatic N) is 3. The molecule has 1 aliphatic carbocycles. The van der Waals surface area contributed by atoms with Gasteiger partial charge in [-0.05, 0) is 50.5 Å². The average Bonchev–Trinajstić information content (AvgIpc) is 3.30. The monoisotopic (exact) mass is 401 g/mol. The number of hydrogen-bond acceptors (Lipinski definition) is 6. The van der Waals surface area contributed by atoms with Crippen molar-refractivity contribution in [3.05, 3.63) is 39.8 Å². The van der Waals surface area contributed by atoms with Crippen molar-refractivity contribution in [2.75, 3.05) is 39.4 Å². The van der Waals surface area contributed by atoms with E-state index in [0.717, 1.165) is 44.9 Å². The van der Waals surface area contributed by atoms with Crippen LogP contribution in [0.4, 0.5) is 0 Å². The Kier molecular flexibility index (Phi) is 6.12. The molecule has 0 saturated carbocycles. The first-order chi connectivity index (χ1) is 13.7. The van der Waals surface area contributed by atoms with Gasteiger partial charge < -0.3 is 14.4 Å². The zero-order valence-electron chi connectivity index (χ0n) is 16.4. The fraction of sp³-hybridized carbons (Fsp3) is 0.524. The Morgan fingerprint density at radius 2 is 1.79 bits per heavy atom. The van der Waals surface area contributed by atoms with Gasteiger partial charge in [0.1, 0.15) is 16.5 Å². The Labute approximate surface area is 170 Å². The van der Waals surface area contributed by atoms with Gasteiger partial charge in [-0.25, -0.2) is 4.98 Å². The molecule has 0 unspecified atom stereocenters. The summed E-state index contributed by atoms with van der Waals surface area (Å²) in [5.41, 5.74) is 1.32. The molecule has 1 amide bonds. The van der Waals surface area contributed by atoms with Crippen LogP contribution in [0, 0.1) is 0 Å². The summed E-state index contributed by atoms with van der Waals surface area (Å²) in [6.45, 7) is 6.84. The van der Waals surface area contributed by atoms with E-state index in [9.17, 15) is 4.79 Å². The SMILES string of the molecule is CCOc1ccc(OCC(=O)N2CCN(Cc3nc4c(s3)CCC4)CC2)cc1. The first-order valence-electron chi connectivity index (χ1n) is 10.0. The zero-order chi connectivity index (χ0) is 19.3. The van der Waals surface area contributed by atoms with E-state index >= 15 is 0 Å². The van der Waals surface area contributed by atoms with Crippen LogP contribution >= 0.6 is 11.3 Å². The smallest absolute Gasteiger partial charge is 0.260 e. The molecule has 2 heterocycles. The molecule has 2 aliphatic rings. The topological polar surface area (TPSA) is 54.9 Å². The number of carbonyl (C=O) groups excluding carboxylic acids is 1. The number of piperazine rings is 1. The molecule has 0 atom stereocenters. The van der Waals surface area contributed by atoms with Crippen LogP contribution in [0.1, 0.15) is 28.9 Å². The van der Waals surface area contributed by atoms with Crippen molar-refractivity contribution in [2.24, 2.45) is 0 Å². The number of aryl methyl sites for hydroxylation is 2. The molecule has 150 valence electrons. The molecule has 0 spiro atoms. The summed E-state index contributed by atoms with van der Waals surface area (Å²) >= 11 is 1.87. The van der Waals surface area contributed by atoms with Crippen molar-refractivity contribution in [3.63, 3.8) is 0 Å². The lowest BCUT2D eigenvalue weighted by molar-refractivity contribution is -0.135. The van der Waals surface area contributed by atoms with Crippen molar-refractivity contribution in [1.82, 2.24) is 14.8 Å². The fourth-order valence-corrected chi connectivity index (χ4v) is 4.89. The number of rotatable bonds is 7. The Balaban J connectivity index is 1.20. The van der Waals surface area contributed by atoms with E-state index in [-0.39, 0.29) is 12.5 Å². The Bertz CT molecular complexity index is 776. The molecule has 28 heavy (non-hydrogen) atoms. The van der Waals surface area contributed by atoms with Gasteiger partial charge in [0.2, 0.25) is 0 Å². The second kappa shape index (κ2) is 8.92. The van der Waals surface area contributed by atoms with Gasteiger partial charge in [-0.3, -0.25) is 9.69 Å². The highest BCUT2D eigenvalue weighted by Gasteiger charge is 2.23. The van der Waals surface area contributed by atoms with E-state index in [0.29, 0.717) is 12.4 Å². The van der Waals surface area contributed by atoms with Crippen LogP contribution in [0.5, 0.6) is 11.5 Å². The maximum Gasteiger partial charge on any atom is 0.260 e. The minimum Gasteiger partial charge on any atom is -0.494 e. The summed E-state index contributed by atoms with van der Waals surface area (Å²) in [4.78, 5) is 23.0. The van der Waals surface area contributed by atoms with Crippen LogP contribution in [0.2, 0.25) is 0 Å². The van der Waals surface area contributed by atoms with E-state index in [2.05, 4.69) is 4.90 Å². The first kappa shape index (κ1) is 19.2. The molecule has 7 heteroatoms. The van der Waals surface area contributed by atoms with E-state index in [1.807, 2.05) is 47.4 Å². The van der Waals surface area contributed by atoms with Gasteiger partial charge in [0.15, 0.2) is 6.61 Å². The minimum atomic E-state index is 0.0433. The standard InChI is InChI=1S/C21H27N3O3S/c1-2-26-16-6-8-17(9-7-16)27-15-21(25)24-12-10-23(11-13-24)14-20-22-18-4-3-5-19(18)28-20/h6-9H,2-5,10-15H2,1H3. The van der Waals surface area contributed by atoms with Crippen molar-refractivity contribution in [2.45, 2.75) is 32.7 Å². The van der Waals surface area contributed by atoms with Gasteiger partial charge in [-0.15, -0.1) is 11.3 Å². The third kappa shape index (κ3) is 4.64. The highest BCUT2D eigenvalue weighted by atomic mass is 32.1. The number of fused-ring (bicyclic) bond motifs is 1. The van der Waals surface area contributed by atoms with Crippen molar-refractivity contribution in [1.29, 1.82) is 0 Å². The van der Waals surface area contributed by atoms with Crippen LogP contribution < -0.4 is 9.47 Å². The van der Waals surface area contributed by atoms with E-state index in [1.165, 1.54) is 28.4 Å². The number of aromatic nitrogens is 1. The van der Waals surface area contributed by atoms with Crippen LogP contribution in [0.25, 0.3) is 0 Å². The summed E-state index contributed by atoms with van der Waals surface area (Å²) in [6.07, 6.45) is 3.60. The Morgan fingerprint density at radius 3 is 2.46 bits per heavy atom. The molecule has 1 aromatic carbocycles. The number of carbonyl (C=O) groups is 1. The van der Waals surface area contributed by atoms with Crippen molar-refractivity contribution >= 4 is 17.2 Å². The number of amides is 1. The highest BCUT2D eigenvalue weighted by Crippen LogP contribution is 2.28. The minimum absolute atomic E-state index is 0.0433. The molecule has 1 aromatic heterocycles. The molecule has 1 aliphatic heterocycles. The normalized spacial score (nSPS) is 16.8. The molecule has 0 radical (unpaired) electrons. The summed E-state index contributed by atoms with van der Waals surface area (Å²) in [7, 11) is 0. The van der Waals surface area contributed by atoms with Crippen LogP contribution in [0.15, 0.2) is 24.3 Å². The lowest BCUT2D eigenvalue weighted by Gasteiger charge is -2.34. The molecule has 4 rings (SSSR count). The van der Waals surface area contributed by atoms with E-state index in [4.69, 9.17) is 14.5 Å². The molecule has 1 saturated heterocycles. The Hall–Kier alpha value is -2.12. The fourth-order valence-electron chi connectivity index (χ4n) is 3.69. The van der Waals surface area contributed by atoms with E-state index < -0.39 is 0 Å². The van der Waals surface area contributed by atoms with Crippen molar-refractivity contribution < 1.29 is 14.3 Å². The number of benzene rings is 1. The molecular formula is C21H27N3O3S. The van der Waals surface area contributed by atoms with Crippen LogP contribution in [0.3, 0.4) is 0 Å². The molecule has 6 nitrogen and oxygen atoms in total. The largest absolute Gasteiger partial charge is 0.494 e. The quantitative estimate of drug-likeness (QED) is 0.714. The van der Waals surface area contributed by atoms with Gasteiger partial charge in [-0.1, -0.05) is 0 Å². The summed E-state index contributed by atoms with van der Waals surface area (Å²) < 4.78 is 11.1. The number of hydrogen-bond donors (Lipinski definition) is 0. The van der Waals surface area contributed by atoms with Gasteiger partial charge in [0, 0.05) is 31.1 Å². The van der Waals surface area contributed by atoms with Gasteiger partial charge in [0.25, 0.3) is 5.91 Å². The molecular weight excluding hydrogens is 374 g/mol. The number of ether oxygens (including phenoxy) is 2. The first-order valence-corrected chi connectivity index (χ1v) is 10.9. The summed E-state index contributed by atoms with van der Waals surface area (Å²) in [5, 5.41) is 1.23. The van der Waals surface area contributed by atoms with Crippen LogP contribution in [-0.2, 0) is 24.2 Å². The summed E-state index contributed by atoms with van der Waals surface area (Å²) in [5.74, 6) is 1.54. The number of thiazole rings is 1. The third-order valence-corrected chi connectivity index (χ3v) is 6.36. The molecule has 0 N–H and O–H groups in total. The predicted molar refractivity (Wildman–Crippen MR) is 109 cm³/mol. The molecule has 2 aromatic rings. The van der Waals surface area contributed by atoms with Gasteiger partial charge >= 0.3 is 0 Å². The second-order valence-electron chi connectivity index (χ2n) is 7.18. The zero-order valence-corrected chi connectivity index (χ0v) is 17.2. The average molecular weight is 402 g/mol. The highest BCUT2D eigenvalue weighted by molar-refractivity contribution is 7.11.